The highest BCUT2D eigenvalue weighted by atomic mass is 32.1. The fraction of sp³-hybridized carbons (Fsp3) is 0.125. The van der Waals surface area contributed by atoms with Crippen molar-refractivity contribution in [2.75, 3.05) is 5.32 Å². The Balaban J connectivity index is 1.69. The van der Waals surface area contributed by atoms with E-state index in [0.29, 0.717) is 23.7 Å². The van der Waals surface area contributed by atoms with Crippen LogP contribution in [0.3, 0.4) is 0 Å². The summed E-state index contributed by atoms with van der Waals surface area (Å²) < 4.78 is 56.5. The number of anilines is 1. The number of hydrogen-bond acceptors (Lipinski definition) is 4. The predicted octanol–water partition coefficient (Wildman–Crippen LogP) is 4.74. The zero-order valence-corrected chi connectivity index (χ0v) is 13.2. The van der Waals surface area contributed by atoms with Gasteiger partial charge in [-0.1, -0.05) is 6.07 Å². The van der Waals surface area contributed by atoms with Gasteiger partial charge in [0, 0.05) is 5.69 Å². The van der Waals surface area contributed by atoms with Crippen LogP contribution in [0.5, 0.6) is 0 Å². The summed E-state index contributed by atoms with van der Waals surface area (Å²) in [6.45, 7) is 0. The molecular formula is C16H10F4N2O2S. The van der Waals surface area contributed by atoms with Crippen LogP contribution in [0, 0.1) is 5.82 Å². The van der Waals surface area contributed by atoms with E-state index in [2.05, 4.69) is 10.3 Å². The van der Waals surface area contributed by atoms with E-state index in [9.17, 15) is 22.4 Å². The molecular weight excluding hydrogens is 360 g/mol. The van der Waals surface area contributed by atoms with E-state index >= 15 is 0 Å². The van der Waals surface area contributed by atoms with Crippen LogP contribution >= 0.6 is 11.3 Å². The number of nitrogens with one attached hydrogen (secondary N) is 1. The average molecular weight is 370 g/mol. The third kappa shape index (κ3) is 4.05. The van der Waals surface area contributed by atoms with E-state index in [-0.39, 0.29) is 12.1 Å². The Morgan fingerprint density at radius 1 is 1.28 bits per heavy atom. The first-order valence-corrected chi connectivity index (χ1v) is 7.86. The molecule has 9 heteroatoms. The lowest BCUT2D eigenvalue weighted by molar-refractivity contribution is -0.140. The van der Waals surface area contributed by atoms with Crippen LogP contribution in [0.1, 0.15) is 11.3 Å². The van der Waals surface area contributed by atoms with Gasteiger partial charge < -0.3 is 9.73 Å². The van der Waals surface area contributed by atoms with Crippen molar-refractivity contribution in [1.82, 2.24) is 4.98 Å². The molecule has 0 saturated carbocycles. The van der Waals surface area contributed by atoms with Gasteiger partial charge in [0.2, 0.25) is 11.8 Å². The molecule has 0 aliphatic carbocycles. The molecule has 0 saturated heterocycles. The largest absolute Gasteiger partial charge is 0.444 e. The molecule has 1 amide bonds. The van der Waals surface area contributed by atoms with E-state index in [0.717, 1.165) is 10.9 Å². The lowest BCUT2D eigenvalue weighted by atomic mass is 10.1. The summed E-state index contributed by atoms with van der Waals surface area (Å²) in [6.07, 6.45) is -3.72. The van der Waals surface area contributed by atoms with E-state index in [4.69, 9.17) is 4.42 Å². The maximum absolute atomic E-state index is 13.2. The predicted molar refractivity (Wildman–Crippen MR) is 83.6 cm³/mol. The maximum Gasteiger partial charge on any atom is 0.419 e. The first-order chi connectivity index (χ1) is 11.8. The topological polar surface area (TPSA) is 55.1 Å². The number of thiophene rings is 1. The van der Waals surface area contributed by atoms with Gasteiger partial charge in [-0.25, -0.2) is 9.37 Å². The summed E-state index contributed by atoms with van der Waals surface area (Å²) in [5, 5.41) is 4.14. The molecule has 0 fully saturated rings. The minimum atomic E-state index is -4.84. The van der Waals surface area contributed by atoms with Gasteiger partial charge in [0.1, 0.15) is 12.1 Å². The molecule has 0 aliphatic heterocycles. The van der Waals surface area contributed by atoms with Gasteiger partial charge in [0.25, 0.3) is 0 Å². The smallest absolute Gasteiger partial charge is 0.419 e. The fourth-order valence-electron chi connectivity index (χ4n) is 2.09. The summed E-state index contributed by atoms with van der Waals surface area (Å²) in [4.78, 5) is 16.9. The third-order valence-electron chi connectivity index (χ3n) is 3.18. The van der Waals surface area contributed by atoms with Gasteiger partial charge >= 0.3 is 6.18 Å². The monoisotopic (exact) mass is 370 g/mol. The van der Waals surface area contributed by atoms with Crippen LogP contribution in [0.25, 0.3) is 10.8 Å². The molecule has 0 aliphatic rings. The van der Waals surface area contributed by atoms with Crippen molar-refractivity contribution in [1.29, 1.82) is 0 Å². The van der Waals surface area contributed by atoms with Crippen molar-refractivity contribution in [3.05, 3.63) is 59.0 Å². The Bertz CT molecular complexity index is 888. The molecule has 25 heavy (non-hydrogen) atoms. The van der Waals surface area contributed by atoms with Crippen LogP contribution in [0.4, 0.5) is 23.2 Å². The summed E-state index contributed by atoms with van der Waals surface area (Å²) >= 11 is 1.42. The minimum Gasteiger partial charge on any atom is -0.444 e. The molecule has 0 bridgehead atoms. The van der Waals surface area contributed by atoms with Gasteiger partial charge in [-0.3, -0.25) is 4.79 Å². The quantitative estimate of drug-likeness (QED) is 0.675. The molecule has 0 radical (unpaired) electrons. The molecule has 3 aromatic rings. The number of carbonyl (C=O) groups is 1. The molecule has 0 unspecified atom stereocenters. The third-order valence-corrected chi connectivity index (χ3v) is 4.04. The van der Waals surface area contributed by atoms with Gasteiger partial charge in [-0.15, -0.1) is 11.3 Å². The van der Waals surface area contributed by atoms with Crippen LogP contribution in [0.15, 0.2) is 46.4 Å². The Morgan fingerprint density at radius 3 is 2.76 bits per heavy atom. The number of amides is 1. The maximum atomic E-state index is 13.2. The minimum absolute atomic E-state index is 0.152. The zero-order valence-electron chi connectivity index (χ0n) is 12.4. The molecule has 1 aromatic carbocycles. The van der Waals surface area contributed by atoms with E-state index in [1.807, 2.05) is 11.4 Å². The number of oxazole rings is 1. The highest BCUT2D eigenvalue weighted by molar-refractivity contribution is 7.13. The number of rotatable bonds is 4. The number of benzene rings is 1. The van der Waals surface area contributed by atoms with Gasteiger partial charge in [0.05, 0.1) is 22.6 Å². The first kappa shape index (κ1) is 17.2. The summed E-state index contributed by atoms with van der Waals surface area (Å²) in [5.41, 5.74) is -1.26. The fourth-order valence-corrected chi connectivity index (χ4v) is 2.75. The number of nitrogens with zero attached hydrogens (tertiary/aromatic N) is 1. The molecule has 130 valence electrons. The second-order valence-electron chi connectivity index (χ2n) is 5.04. The van der Waals surface area contributed by atoms with Crippen molar-refractivity contribution in [3.63, 3.8) is 0 Å². The number of alkyl halides is 3. The van der Waals surface area contributed by atoms with E-state index in [1.54, 1.807) is 6.07 Å². The van der Waals surface area contributed by atoms with Gasteiger partial charge in [-0.2, -0.15) is 13.2 Å². The summed E-state index contributed by atoms with van der Waals surface area (Å²) in [7, 11) is 0. The normalized spacial score (nSPS) is 11.5. The molecule has 1 N–H and O–H groups in total. The second kappa shape index (κ2) is 6.67. The Hall–Kier alpha value is -2.68. The van der Waals surface area contributed by atoms with Crippen LogP contribution in [-0.2, 0) is 17.4 Å². The SMILES string of the molecule is O=C(Cc1coc(-c2cccs2)n1)Nc1ccc(F)c(C(F)(F)F)c1. The lowest BCUT2D eigenvalue weighted by Crippen LogP contribution is -2.16. The molecule has 2 heterocycles. The second-order valence-corrected chi connectivity index (χ2v) is 5.99. The number of carbonyl (C=O) groups excluding carboxylic acids is 1. The lowest BCUT2D eigenvalue weighted by Gasteiger charge is -2.10. The highest BCUT2D eigenvalue weighted by Crippen LogP contribution is 2.33. The van der Waals surface area contributed by atoms with Gasteiger partial charge in [0.15, 0.2) is 0 Å². The van der Waals surface area contributed by atoms with Crippen molar-refractivity contribution in [2.24, 2.45) is 0 Å². The number of aromatic nitrogens is 1. The molecule has 0 spiro atoms. The zero-order chi connectivity index (χ0) is 18.0. The average Bonchev–Trinajstić information content (AvgIpc) is 3.19. The molecule has 0 atom stereocenters. The molecule has 4 nitrogen and oxygen atoms in total. The summed E-state index contributed by atoms with van der Waals surface area (Å²) in [6, 6.07) is 5.89. The molecule has 3 rings (SSSR count). The summed E-state index contributed by atoms with van der Waals surface area (Å²) in [5.74, 6) is -1.63. The number of hydrogen-bond donors (Lipinski definition) is 1. The Labute approximate surface area is 143 Å². The van der Waals surface area contributed by atoms with Crippen LogP contribution < -0.4 is 5.32 Å². The van der Waals surface area contributed by atoms with Crippen molar-refractivity contribution >= 4 is 22.9 Å². The number of halogens is 4. The van der Waals surface area contributed by atoms with Crippen LogP contribution in [-0.4, -0.2) is 10.9 Å². The Kier molecular flexibility index (Phi) is 4.58. The van der Waals surface area contributed by atoms with E-state index < -0.39 is 23.5 Å². The van der Waals surface area contributed by atoms with Gasteiger partial charge in [-0.05, 0) is 29.6 Å². The molecule has 2 aromatic heterocycles. The van der Waals surface area contributed by atoms with E-state index in [1.165, 1.54) is 17.6 Å². The van der Waals surface area contributed by atoms with Crippen molar-refractivity contribution in [2.45, 2.75) is 12.6 Å². The highest BCUT2D eigenvalue weighted by Gasteiger charge is 2.34. The van der Waals surface area contributed by atoms with Crippen molar-refractivity contribution < 1.29 is 26.8 Å². The Morgan fingerprint density at radius 2 is 2.08 bits per heavy atom. The van der Waals surface area contributed by atoms with Crippen LogP contribution in [0.2, 0.25) is 0 Å². The van der Waals surface area contributed by atoms with Crippen molar-refractivity contribution in [3.8, 4) is 10.8 Å². The first-order valence-electron chi connectivity index (χ1n) is 6.98. The standard InChI is InChI=1S/C16H10F4N2O2S/c17-12-4-3-9(6-11(12)16(18,19)20)21-14(23)7-10-8-24-15(22-10)13-2-1-5-25-13/h1-6,8H,7H2,(H,21,23).